The van der Waals surface area contributed by atoms with E-state index in [-0.39, 0.29) is 30.6 Å². The van der Waals surface area contributed by atoms with Crippen molar-refractivity contribution in [3.63, 3.8) is 0 Å². The van der Waals surface area contributed by atoms with Gasteiger partial charge in [-0.1, -0.05) is 44.8 Å². The number of aromatic nitrogens is 8. The quantitative estimate of drug-likeness (QED) is 0.0446. The van der Waals surface area contributed by atoms with Crippen LogP contribution in [0.25, 0.3) is 33.7 Å². The maximum absolute atomic E-state index is 12.7. The molecule has 0 saturated heterocycles. The van der Waals surface area contributed by atoms with Crippen LogP contribution in [-0.4, -0.2) is 163 Å². The molecule has 0 radical (unpaired) electrons. The number of para-hydroxylation sites is 4. The fraction of sp³-hybridized carbons (Fsp3) is 0.286. The fourth-order valence-corrected chi connectivity index (χ4v) is 8.13. The van der Waals surface area contributed by atoms with E-state index >= 15 is 0 Å². The molecule has 0 fully saturated rings. The number of nitrogens with zero attached hydrogens (tertiary/aromatic N) is 10. The number of methoxy groups -OCH3 is 2. The van der Waals surface area contributed by atoms with Crippen LogP contribution in [0.2, 0.25) is 0 Å². The van der Waals surface area contributed by atoms with Gasteiger partial charge in [0.2, 0.25) is 11.8 Å². The Balaban J connectivity index is 0.000000268. The lowest BCUT2D eigenvalue weighted by Gasteiger charge is -2.25. The van der Waals surface area contributed by atoms with Crippen molar-refractivity contribution in [3.05, 3.63) is 166 Å². The van der Waals surface area contributed by atoms with Crippen molar-refractivity contribution in [1.29, 1.82) is 0 Å². The Labute approximate surface area is 465 Å². The molecule has 4 aromatic heterocycles. The summed E-state index contributed by atoms with van der Waals surface area (Å²) in [5.74, 6) is 2.59. The van der Waals surface area contributed by atoms with Gasteiger partial charge in [0.25, 0.3) is 10.1 Å². The molecule has 0 aliphatic heterocycles. The summed E-state index contributed by atoms with van der Waals surface area (Å²) >= 11 is 0. The second-order valence-corrected chi connectivity index (χ2v) is 20.0. The number of anilines is 4. The lowest BCUT2D eigenvalue weighted by atomic mass is 10.1. The van der Waals surface area contributed by atoms with Crippen LogP contribution in [0.1, 0.15) is 30.2 Å². The zero-order valence-electron chi connectivity index (χ0n) is 45.6. The van der Waals surface area contributed by atoms with Crippen molar-refractivity contribution < 1.29 is 32.0 Å². The van der Waals surface area contributed by atoms with E-state index in [4.69, 9.17) is 14.0 Å². The summed E-state index contributed by atoms with van der Waals surface area (Å²) in [4.78, 5) is 81.9. The first-order valence-electron chi connectivity index (χ1n) is 24.6. The highest BCUT2D eigenvalue weighted by Crippen LogP contribution is 2.36. The van der Waals surface area contributed by atoms with Gasteiger partial charge >= 0.3 is 11.4 Å². The Morgan fingerprint density at radius 1 is 0.637 bits per heavy atom. The Kier molecular flexibility index (Phi) is 21.7. The van der Waals surface area contributed by atoms with E-state index in [0.29, 0.717) is 65.3 Å². The number of H-pyrrole nitrogens is 2. The predicted octanol–water partition coefficient (Wildman–Crippen LogP) is 5.80. The number of ether oxygens (including phenoxy) is 2. The van der Waals surface area contributed by atoms with Crippen LogP contribution in [0, 0.1) is 0 Å². The number of amides is 2. The van der Waals surface area contributed by atoms with Crippen molar-refractivity contribution in [2.24, 2.45) is 0 Å². The molecule has 5 N–H and O–H groups in total. The number of hydrogen-bond donors (Lipinski definition) is 5. The topological polar surface area (TPSA) is 271 Å². The average molecular weight is 1120 g/mol. The van der Waals surface area contributed by atoms with Gasteiger partial charge in [0.1, 0.15) is 34.8 Å². The molecule has 80 heavy (non-hydrogen) atoms. The zero-order chi connectivity index (χ0) is 57.6. The number of benzene rings is 4. The van der Waals surface area contributed by atoms with E-state index in [1.54, 1.807) is 38.7 Å². The number of likely N-dealkylation sites (N-methyl/N-ethyl adjacent to an activating group) is 4. The standard InChI is InChI=1S/2C27H31N7O3.CH4O3S.CH4/c2*1-6-26(35)29-20-15-18(23(37-5)17-22(20)33(4)14-13-32(2)3)16-24-28-12-11-25(31-24)34-21-10-8-7-9-19(21)30-27(34)36;1-5(2,3)4;/h2*6-12,15,17H,1,13-14,16H2,2-5H3,(H,29,35)(H,30,36);1H3,(H,2,3,4);1H4. The lowest BCUT2D eigenvalue weighted by molar-refractivity contribution is -0.112. The molecule has 0 aliphatic rings. The number of carbonyl (C=O) groups excluding carboxylic acids is 2. The predicted molar refractivity (Wildman–Crippen MR) is 316 cm³/mol. The Hall–Kier alpha value is -8.97. The van der Waals surface area contributed by atoms with Crippen LogP contribution < -0.4 is 41.3 Å². The number of rotatable bonds is 20. The molecule has 8 rings (SSSR count). The summed E-state index contributed by atoms with van der Waals surface area (Å²) in [7, 11) is 11.5. The molecular weight excluding hydrogens is 1040 g/mol. The first-order valence-corrected chi connectivity index (χ1v) is 26.4. The molecule has 4 heterocycles. The second-order valence-electron chi connectivity index (χ2n) is 18.5. The van der Waals surface area contributed by atoms with E-state index in [2.05, 4.69) is 73.3 Å². The molecule has 0 saturated carbocycles. The first kappa shape index (κ1) is 61.9. The van der Waals surface area contributed by atoms with Gasteiger partial charge in [-0.25, -0.2) is 38.7 Å². The first-order chi connectivity index (χ1) is 37.6. The van der Waals surface area contributed by atoms with Crippen molar-refractivity contribution in [2.45, 2.75) is 20.3 Å². The maximum Gasteiger partial charge on any atom is 0.332 e. The molecule has 0 aliphatic carbocycles. The number of imidazole rings is 2. The molecule has 8 aromatic rings. The van der Waals surface area contributed by atoms with Crippen LogP contribution in [-0.2, 0) is 32.5 Å². The minimum Gasteiger partial charge on any atom is -0.496 e. The number of nitrogens with one attached hydrogen (secondary N) is 4. The normalized spacial score (nSPS) is 10.9. The minimum absolute atomic E-state index is 0. The number of aromatic amines is 2. The summed E-state index contributed by atoms with van der Waals surface area (Å²) in [6, 6.07) is 25.8. The molecule has 424 valence electrons. The van der Waals surface area contributed by atoms with E-state index < -0.39 is 10.1 Å². The molecule has 2 amide bonds. The van der Waals surface area contributed by atoms with E-state index in [1.807, 2.05) is 115 Å². The van der Waals surface area contributed by atoms with Crippen LogP contribution in [0.5, 0.6) is 11.5 Å². The van der Waals surface area contributed by atoms with E-state index in [0.717, 1.165) is 70.7 Å². The molecule has 0 atom stereocenters. The average Bonchev–Trinajstić information content (AvgIpc) is 3.94. The third-order valence-electron chi connectivity index (χ3n) is 12.0. The maximum atomic E-state index is 12.7. The molecule has 0 bridgehead atoms. The van der Waals surface area contributed by atoms with Gasteiger partial charge in [-0.05, 0) is 88.9 Å². The largest absolute Gasteiger partial charge is 0.496 e. The molecular formula is C56H70N14O9S. The Bertz CT molecular complexity index is 3470. The van der Waals surface area contributed by atoms with E-state index in [1.165, 1.54) is 21.3 Å². The van der Waals surface area contributed by atoms with Crippen LogP contribution in [0.4, 0.5) is 22.7 Å². The SMILES string of the molecule is C.C=CC(=O)Nc1cc(Cc2nccc(-n3c(=O)[nH]c4ccccc43)n2)c(OC)cc1N(C)CCN(C)C.C=CC(=O)Nc1cc(Cc2nccc(-n3c(=O)[nH]c4ccccc43)n2)c(OC)cc1N(C)CCN(C)C.CS(=O)(=O)O. The van der Waals surface area contributed by atoms with Crippen molar-refractivity contribution in [3.8, 4) is 23.1 Å². The fourth-order valence-electron chi connectivity index (χ4n) is 8.13. The zero-order valence-corrected chi connectivity index (χ0v) is 46.5. The summed E-state index contributed by atoms with van der Waals surface area (Å²) in [5.41, 5.74) is 6.84. The minimum atomic E-state index is -3.67. The highest BCUT2D eigenvalue weighted by molar-refractivity contribution is 7.85. The summed E-state index contributed by atoms with van der Waals surface area (Å²) < 4.78 is 40.3. The van der Waals surface area contributed by atoms with Gasteiger partial charge in [0, 0.05) is 88.8 Å². The molecule has 0 spiro atoms. The molecule has 0 unspecified atom stereocenters. The number of carbonyl (C=O) groups is 2. The smallest absolute Gasteiger partial charge is 0.332 e. The monoisotopic (exact) mass is 1110 g/mol. The summed E-state index contributed by atoms with van der Waals surface area (Å²) in [6.45, 7) is 10.3. The highest BCUT2D eigenvalue weighted by Gasteiger charge is 2.20. The Morgan fingerprint density at radius 2 is 1.00 bits per heavy atom. The third kappa shape index (κ3) is 16.5. The van der Waals surface area contributed by atoms with E-state index in [9.17, 15) is 27.6 Å². The lowest BCUT2D eigenvalue weighted by Crippen LogP contribution is -2.29. The van der Waals surface area contributed by atoms with Gasteiger partial charge in [-0.15, -0.1) is 0 Å². The highest BCUT2D eigenvalue weighted by atomic mass is 32.2. The van der Waals surface area contributed by atoms with Gasteiger partial charge in [-0.2, -0.15) is 8.42 Å². The molecule has 24 heteroatoms. The second kappa shape index (κ2) is 28.1. The molecule has 4 aromatic carbocycles. The van der Waals surface area contributed by atoms with Crippen molar-refractivity contribution >= 4 is 66.7 Å². The van der Waals surface area contributed by atoms with Gasteiger partial charge in [-0.3, -0.25) is 14.1 Å². The molecule has 23 nitrogen and oxygen atoms in total. The van der Waals surface area contributed by atoms with Crippen molar-refractivity contribution in [1.82, 2.24) is 48.8 Å². The summed E-state index contributed by atoms with van der Waals surface area (Å²) in [5, 5.41) is 5.82. The number of hydrogen-bond acceptors (Lipinski definition) is 16. The summed E-state index contributed by atoms with van der Waals surface area (Å²) in [6.07, 6.45) is 7.09. The third-order valence-corrected chi connectivity index (χ3v) is 12.0. The van der Waals surface area contributed by atoms with Gasteiger partial charge < -0.3 is 49.7 Å². The van der Waals surface area contributed by atoms with Gasteiger partial charge in [0.15, 0.2) is 0 Å². The van der Waals surface area contributed by atoms with Crippen LogP contribution in [0.15, 0.2) is 132 Å². The van der Waals surface area contributed by atoms with Crippen LogP contribution in [0.3, 0.4) is 0 Å². The van der Waals surface area contributed by atoms with Gasteiger partial charge in [0.05, 0.1) is 65.3 Å². The van der Waals surface area contributed by atoms with Crippen molar-refractivity contribution in [2.75, 3.05) is 109 Å². The number of fused-ring (bicyclic) bond motifs is 2. The Morgan fingerprint density at radius 3 is 1.34 bits per heavy atom. The van der Waals surface area contributed by atoms with Crippen LogP contribution >= 0.6 is 0 Å².